The quantitative estimate of drug-likeness (QED) is 0.508. The zero-order valence-corrected chi connectivity index (χ0v) is 18.7. The van der Waals surface area contributed by atoms with Crippen molar-refractivity contribution in [3.05, 3.63) is 35.4 Å². The Balaban J connectivity index is 1.76. The highest BCUT2D eigenvalue weighted by molar-refractivity contribution is 6.22. The molecule has 0 saturated carbocycles. The first-order valence-corrected chi connectivity index (χ1v) is 10.7. The van der Waals surface area contributed by atoms with Crippen LogP contribution < -0.4 is 0 Å². The number of hydrogen-bond acceptors (Lipinski definition) is 6. The fourth-order valence-electron chi connectivity index (χ4n) is 4.16. The van der Waals surface area contributed by atoms with Gasteiger partial charge in [0, 0.05) is 13.1 Å². The molecule has 1 saturated heterocycles. The van der Waals surface area contributed by atoms with Crippen LogP contribution in [0.5, 0.6) is 0 Å². The molecule has 0 aliphatic carbocycles. The molecule has 1 fully saturated rings. The van der Waals surface area contributed by atoms with E-state index in [1.165, 1.54) is 6.92 Å². The van der Waals surface area contributed by atoms with Crippen LogP contribution in [0.1, 0.15) is 61.8 Å². The molecule has 2 aliphatic rings. The Bertz CT molecular complexity index is 838. The molecule has 4 unspecified atom stereocenters. The van der Waals surface area contributed by atoms with Gasteiger partial charge in [0.2, 0.25) is 0 Å². The number of fused-ring (bicyclic) bond motifs is 1. The molecule has 1 aromatic carbocycles. The van der Waals surface area contributed by atoms with Crippen molar-refractivity contribution < 1.29 is 28.7 Å². The highest BCUT2D eigenvalue weighted by Crippen LogP contribution is 2.27. The normalized spacial score (nSPS) is 23.0. The summed E-state index contributed by atoms with van der Waals surface area (Å²) in [4.78, 5) is 54.3. The second-order valence-corrected chi connectivity index (χ2v) is 8.75. The van der Waals surface area contributed by atoms with Gasteiger partial charge >= 0.3 is 5.97 Å². The number of morpholine rings is 1. The summed E-state index contributed by atoms with van der Waals surface area (Å²) in [7, 11) is 0. The molecule has 31 heavy (non-hydrogen) atoms. The van der Waals surface area contributed by atoms with Crippen LogP contribution in [0, 0.1) is 5.92 Å². The number of nitrogens with zero attached hydrogens (tertiary/aromatic N) is 2. The van der Waals surface area contributed by atoms with Gasteiger partial charge in [-0.3, -0.25) is 19.3 Å². The molecule has 0 aromatic heterocycles. The van der Waals surface area contributed by atoms with Gasteiger partial charge in [0.1, 0.15) is 6.04 Å². The number of carbonyl (C=O) groups excluding carboxylic acids is 4. The minimum Gasteiger partial charge on any atom is -0.451 e. The van der Waals surface area contributed by atoms with Crippen molar-refractivity contribution in [2.45, 2.75) is 65.4 Å². The highest BCUT2D eigenvalue weighted by atomic mass is 16.6. The number of hydrogen-bond donors (Lipinski definition) is 0. The molecule has 1 aromatic rings. The van der Waals surface area contributed by atoms with Crippen molar-refractivity contribution in [1.29, 1.82) is 0 Å². The predicted molar refractivity (Wildman–Crippen MR) is 112 cm³/mol. The molecule has 3 rings (SSSR count). The smallest absolute Gasteiger partial charge is 0.330 e. The maximum atomic E-state index is 13.1. The number of imide groups is 1. The van der Waals surface area contributed by atoms with Gasteiger partial charge in [-0.2, -0.15) is 0 Å². The molecule has 2 heterocycles. The lowest BCUT2D eigenvalue weighted by molar-refractivity contribution is -0.167. The molecule has 4 atom stereocenters. The zero-order valence-electron chi connectivity index (χ0n) is 18.7. The summed E-state index contributed by atoms with van der Waals surface area (Å²) in [5, 5.41) is 0. The zero-order chi connectivity index (χ0) is 22.9. The van der Waals surface area contributed by atoms with Crippen molar-refractivity contribution in [2.75, 3.05) is 13.1 Å². The molecule has 0 bridgehead atoms. The van der Waals surface area contributed by atoms with Crippen LogP contribution in [0.2, 0.25) is 0 Å². The standard InChI is InChI=1S/C23H30N2O6/c1-13(2)10-19(25-21(27)17-8-6-7-9-18(17)22(25)28)23(29)31-16(5)20(26)24-11-14(3)30-15(4)12-24/h6-9,13-16,19H,10-12H2,1-5H3. The van der Waals surface area contributed by atoms with Crippen LogP contribution in [-0.4, -0.2) is 70.9 Å². The molecule has 8 nitrogen and oxygen atoms in total. The van der Waals surface area contributed by atoms with Crippen molar-refractivity contribution in [3.63, 3.8) is 0 Å². The maximum absolute atomic E-state index is 13.1. The van der Waals surface area contributed by atoms with Gasteiger partial charge < -0.3 is 14.4 Å². The third-order valence-electron chi connectivity index (χ3n) is 5.48. The largest absolute Gasteiger partial charge is 0.451 e. The number of benzene rings is 1. The second-order valence-electron chi connectivity index (χ2n) is 8.75. The maximum Gasteiger partial charge on any atom is 0.330 e. The Morgan fingerprint density at radius 3 is 2.03 bits per heavy atom. The van der Waals surface area contributed by atoms with E-state index < -0.39 is 29.9 Å². The van der Waals surface area contributed by atoms with E-state index in [4.69, 9.17) is 9.47 Å². The lowest BCUT2D eigenvalue weighted by Crippen LogP contribution is -2.52. The van der Waals surface area contributed by atoms with Gasteiger partial charge in [-0.05, 0) is 45.2 Å². The first-order valence-electron chi connectivity index (χ1n) is 10.7. The summed E-state index contributed by atoms with van der Waals surface area (Å²) in [6.45, 7) is 9.89. The summed E-state index contributed by atoms with van der Waals surface area (Å²) >= 11 is 0. The average molecular weight is 431 g/mol. The van der Waals surface area contributed by atoms with Crippen molar-refractivity contribution in [3.8, 4) is 0 Å². The number of carbonyl (C=O) groups is 4. The van der Waals surface area contributed by atoms with Gasteiger partial charge in [-0.25, -0.2) is 4.79 Å². The molecule has 2 aliphatic heterocycles. The van der Waals surface area contributed by atoms with Crippen LogP contribution in [0.15, 0.2) is 24.3 Å². The Morgan fingerprint density at radius 1 is 1.03 bits per heavy atom. The average Bonchev–Trinajstić information content (AvgIpc) is 2.95. The van der Waals surface area contributed by atoms with Crippen molar-refractivity contribution in [1.82, 2.24) is 9.80 Å². The van der Waals surface area contributed by atoms with E-state index in [2.05, 4.69) is 0 Å². The van der Waals surface area contributed by atoms with E-state index in [0.29, 0.717) is 13.1 Å². The Hall–Kier alpha value is -2.74. The summed E-state index contributed by atoms with van der Waals surface area (Å²) in [6, 6.07) is 5.40. The van der Waals surface area contributed by atoms with E-state index in [-0.39, 0.29) is 41.6 Å². The third-order valence-corrected chi connectivity index (χ3v) is 5.48. The monoisotopic (exact) mass is 430 g/mol. The number of esters is 1. The lowest BCUT2D eigenvalue weighted by Gasteiger charge is -2.36. The van der Waals surface area contributed by atoms with Gasteiger partial charge in [-0.15, -0.1) is 0 Å². The van der Waals surface area contributed by atoms with Crippen LogP contribution in [0.3, 0.4) is 0 Å². The van der Waals surface area contributed by atoms with Gasteiger partial charge in [0.15, 0.2) is 6.10 Å². The number of amides is 3. The number of rotatable bonds is 6. The topological polar surface area (TPSA) is 93.2 Å². The van der Waals surface area contributed by atoms with E-state index in [1.54, 1.807) is 29.2 Å². The first-order chi connectivity index (χ1) is 14.6. The molecular formula is C23H30N2O6. The third kappa shape index (κ3) is 4.79. The van der Waals surface area contributed by atoms with Gasteiger partial charge in [-0.1, -0.05) is 26.0 Å². The lowest BCUT2D eigenvalue weighted by atomic mass is 10.0. The van der Waals surface area contributed by atoms with Crippen molar-refractivity contribution >= 4 is 23.7 Å². The molecule has 3 amide bonds. The van der Waals surface area contributed by atoms with Crippen LogP contribution in [0.4, 0.5) is 0 Å². The van der Waals surface area contributed by atoms with Crippen LogP contribution >= 0.6 is 0 Å². The first kappa shape index (κ1) is 22.9. The summed E-state index contributed by atoms with van der Waals surface area (Å²) in [5.41, 5.74) is 0.545. The minimum atomic E-state index is -1.09. The Morgan fingerprint density at radius 2 is 1.55 bits per heavy atom. The molecule has 0 N–H and O–H groups in total. The predicted octanol–water partition coefficient (Wildman–Crippen LogP) is 2.26. The highest BCUT2D eigenvalue weighted by Gasteiger charge is 2.44. The second kappa shape index (κ2) is 9.18. The fourth-order valence-corrected chi connectivity index (χ4v) is 4.16. The van der Waals surface area contributed by atoms with Crippen LogP contribution in [-0.2, 0) is 19.1 Å². The minimum absolute atomic E-state index is 0.0220. The molecule has 8 heteroatoms. The fraction of sp³-hybridized carbons (Fsp3) is 0.565. The van der Waals surface area contributed by atoms with Gasteiger partial charge in [0.05, 0.1) is 23.3 Å². The molecule has 168 valence electrons. The SMILES string of the molecule is CC(C)CC(C(=O)OC(C)C(=O)N1CC(C)OC(C)C1)N1C(=O)c2ccccc2C1=O. The van der Waals surface area contributed by atoms with E-state index in [9.17, 15) is 19.2 Å². The summed E-state index contributed by atoms with van der Waals surface area (Å²) in [6.07, 6.45) is -1.00. The van der Waals surface area contributed by atoms with Gasteiger partial charge in [0.25, 0.3) is 17.7 Å². The van der Waals surface area contributed by atoms with E-state index >= 15 is 0 Å². The van der Waals surface area contributed by atoms with Crippen LogP contribution in [0.25, 0.3) is 0 Å². The molecule has 0 radical (unpaired) electrons. The van der Waals surface area contributed by atoms with Crippen molar-refractivity contribution in [2.24, 2.45) is 5.92 Å². The Kier molecular flexibility index (Phi) is 6.79. The summed E-state index contributed by atoms with van der Waals surface area (Å²) < 4.78 is 11.1. The summed E-state index contributed by atoms with van der Waals surface area (Å²) in [5.74, 6) is -2.08. The molecule has 0 spiro atoms. The van der Waals surface area contributed by atoms with E-state index in [0.717, 1.165) is 4.90 Å². The Labute approximate surface area is 182 Å². The number of ether oxygens (including phenoxy) is 2. The van der Waals surface area contributed by atoms with E-state index in [1.807, 2.05) is 27.7 Å². The molecular weight excluding hydrogens is 400 g/mol.